The van der Waals surface area contributed by atoms with Crippen molar-refractivity contribution < 1.29 is 15.0 Å². The molecule has 4 nitrogen and oxygen atoms in total. The Morgan fingerprint density at radius 2 is 2.07 bits per heavy atom. The largest absolute Gasteiger partial charge is 0.504 e. The van der Waals surface area contributed by atoms with Crippen molar-refractivity contribution in [3.8, 4) is 11.5 Å². The van der Waals surface area contributed by atoms with Crippen LogP contribution in [0.3, 0.4) is 0 Å². The highest BCUT2D eigenvalue weighted by molar-refractivity contribution is 5.79. The number of amides is 1. The Kier molecular flexibility index (Phi) is 2.04. The van der Waals surface area contributed by atoms with E-state index in [9.17, 15) is 9.90 Å². The molecule has 1 aromatic carbocycles. The van der Waals surface area contributed by atoms with E-state index in [1.165, 1.54) is 12.1 Å². The van der Waals surface area contributed by atoms with Gasteiger partial charge >= 0.3 is 0 Å². The first-order valence-electron chi connectivity index (χ1n) is 4.45. The van der Waals surface area contributed by atoms with Crippen molar-refractivity contribution in [2.24, 2.45) is 0 Å². The Bertz CT molecular complexity index is 376. The smallest absolute Gasteiger partial charge is 0.220 e. The number of benzene rings is 1. The summed E-state index contributed by atoms with van der Waals surface area (Å²) < 4.78 is 0. The number of carbonyl (C=O) groups excluding carboxylic acids is 1. The summed E-state index contributed by atoms with van der Waals surface area (Å²) in [6, 6.07) is 4.66. The fourth-order valence-corrected chi connectivity index (χ4v) is 1.64. The molecule has 74 valence electrons. The fourth-order valence-electron chi connectivity index (χ4n) is 1.64. The molecule has 0 aromatic heterocycles. The average Bonchev–Trinajstić information content (AvgIpc) is 2.57. The van der Waals surface area contributed by atoms with Crippen LogP contribution in [0.25, 0.3) is 0 Å². The normalized spacial score (nSPS) is 20.9. The average molecular weight is 193 g/mol. The van der Waals surface area contributed by atoms with Gasteiger partial charge in [0.1, 0.15) is 0 Å². The predicted molar refractivity (Wildman–Crippen MR) is 50.1 cm³/mol. The first kappa shape index (κ1) is 8.87. The lowest BCUT2D eigenvalue weighted by atomic mass is 9.98. The third-order valence-electron chi connectivity index (χ3n) is 2.45. The van der Waals surface area contributed by atoms with Crippen LogP contribution < -0.4 is 5.32 Å². The zero-order valence-corrected chi connectivity index (χ0v) is 7.53. The summed E-state index contributed by atoms with van der Waals surface area (Å²) in [6.07, 6.45) is 0.449. The second-order valence-corrected chi connectivity index (χ2v) is 3.45. The van der Waals surface area contributed by atoms with Crippen LogP contribution in [0.1, 0.15) is 17.9 Å². The lowest BCUT2D eigenvalue weighted by Crippen LogP contribution is -2.13. The Balaban J connectivity index is 2.24. The quantitative estimate of drug-likeness (QED) is 0.575. The Labute approximate surface area is 81.2 Å². The van der Waals surface area contributed by atoms with Gasteiger partial charge in [0.15, 0.2) is 11.5 Å². The lowest BCUT2D eigenvalue weighted by Gasteiger charge is -2.08. The zero-order valence-electron chi connectivity index (χ0n) is 7.53. The molecule has 0 radical (unpaired) electrons. The van der Waals surface area contributed by atoms with E-state index in [0.29, 0.717) is 13.0 Å². The second kappa shape index (κ2) is 3.21. The minimum atomic E-state index is -0.137. The summed E-state index contributed by atoms with van der Waals surface area (Å²) in [5.41, 5.74) is 0.874. The highest BCUT2D eigenvalue weighted by atomic mass is 16.3. The van der Waals surface area contributed by atoms with E-state index in [4.69, 9.17) is 5.11 Å². The molecule has 14 heavy (non-hydrogen) atoms. The zero-order chi connectivity index (χ0) is 10.1. The highest BCUT2D eigenvalue weighted by Crippen LogP contribution is 2.30. The minimum Gasteiger partial charge on any atom is -0.504 e. The van der Waals surface area contributed by atoms with Crippen molar-refractivity contribution in [3.63, 3.8) is 0 Å². The van der Waals surface area contributed by atoms with E-state index in [-0.39, 0.29) is 23.3 Å². The first-order valence-corrected chi connectivity index (χ1v) is 4.45. The van der Waals surface area contributed by atoms with Gasteiger partial charge in [-0.25, -0.2) is 0 Å². The molecule has 0 aliphatic carbocycles. The van der Waals surface area contributed by atoms with Gasteiger partial charge in [0, 0.05) is 18.9 Å². The summed E-state index contributed by atoms with van der Waals surface area (Å²) in [5, 5.41) is 21.1. The minimum absolute atomic E-state index is 0.0302. The maximum Gasteiger partial charge on any atom is 0.220 e. The molecule has 4 heteroatoms. The number of aromatic hydroxyl groups is 2. The summed E-state index contributed by atoms with van der Waals surface area (Å²) >= 11 is 0. The van der Waals surface area contributed by atoms with Gasteiger partial charge in [-0.05, 0) is 17.7 Å². The Hall–Kier alpha value is -1.71. The molecule has 1 aromatic rings. The van der Waals surface area contributed by atoms with Gasteiger partial charge in [-0.1, -0.05) is 6.07 Å². The third kappa shape index (κ3) is 1.51. The Morgan fingerprint density at radius 1 is 1.29 bits per heavy atom. The van der Waals surface area contributed by atoms with E-state index in [2.05, 4.69) is 5.32 Å². The van der Waals surface area contributed by atoms with Crippen LogP contribution in [0, 0.1) is 0 Å². The maximum absolute atomic E-state index is 11.0. The van der Waals surface area contributed by atoms with Crippen molar-refractivity contribution in [1.82, 2.24) is 5.32 Å². The molecule has 1 amide bonds. The third-order valence-corrected chi connectivity index (χ3v) is 2.45. The molecule has 3 N–H and O–H groups in total. The van der Waals surface area contributed by atoms with Gasteiger partial charge < -0.3 is 15.5 Å². The molecule has 1 heterocycles. The van der Waals surface area contributed by atoms with Crippen LogP contribution in [0.4, 0.5) is 0 Å². The van der Waals surface area contributed by atoms with E-state index in [1.54, 1.807) is 6.07 Å². The predicted octanol–water partition coefficient (Wildman–Crippen LogP) is 0.701. The summed E-state index contributed by atoms with van der Waals surface area (Å²) in [7, 11) is 0. The first-order chi connectivity index (χ1) is 6.66. The molecule has 1 saturated heterocycles. The Morgan fingerprint density at radius 3 is 2.64 bits per heavy atom. The van der Waals surface area contributed by atoms with E-state index in [0.717, 1.165) is 5.56 Å². The van der Waals surface area contributed by atoms with Gasteiger partial charge in [-0.2, -0.15) is 0 Å². The van der Waals surface area contributed by atoms with Crippen molar-refractivity contribution >= 4 is 5.91 Å². The van der Waals surface area contributed by atoms with E-state index in [1.807, 2.05) is 0 Å². The lowest BCUT2D eigenvalue weighted by molar-refractivity contribution is -0.119. The molecule has 1 fully saturated rings. The van der Waals surface area contributed by atoms with Crippen LogP contribution in [0.15, 0.2) is 18.2 Å². The van der Waals surface area contributed by atoms with Gasteiger partial charge in [0.25, 0.3) is 0 Å². The molecular formula is C10H11NO3. The summed E-state index contributed by atoms with van der Waals surface area (Å²) in [6.45, 7) is 0.600. The fraction of sp³-hybridized carbons (Fsp3) is 0.300. The number of phenolic OH excluding ortho intramolecular Hbond substituents is 2. The monoisotopic (exact) mass is 193 g/mol. The van der Waals surface area contributed by atoms with Crippen LogP contribution in [-0.2, 0) is 4.79 Å². The van der Waals surface area contributed by atoms with Crippen LogP contribution in [0.5, 0.6) is 11.5 Å². The number of hydrogen-bond acceptors (Lipinski definition) is 3. The molecular weight excluding hydrogens is 182 g/mol. The highest BCUT2D eigenvalue weighted by Gasteiger charge is 2.23. The van der Waals surface area contributed by atoms with Gasteiger partial charge in [-0.15, -0.1) is 0 Å². The van der Waals surface area contributed by atoms with Crippen molar-refractivity contribution in [1.29, 1.82) is 0 Å². The SMILES string of the molecule is O=C1CC(c2ccc(O)c(O)c2)CN1. The molecule has 1 aliphatic heterocycles. The molecule has 1 atom stereocenters. The topological polar surface area (TPSA) is 69.6 Å². The number of rotatable bonds is 1. The molecule has 2 rings (SSSR count). The molecule has 0 bridgehead atoms. The maximum atomic E-state index is 11.0. The van der Waals surface area contributed by atoms with Crippen LogP contribution in [0.2, 0.25) is 0 Å². The van der Waals surface area contributed by atoms with Crippen molar-refractivity contribution in [2.75, 3.05) is 6.54 Å². The number of carbonyl (C=O) groups is 1. The van der Waals surface area contributed by atoms with E-state index >= 15 is 0 Å². The number of phenols is 2. The molecule has 0 saturated carbocycles. The van der Waals surface area contributed by atoms with E-state index < -0.39 is 0 Å². The second-order valence-electron chi connectivity index (χ2n) is 3.45. The summed E-state index contributed by atoms with van der Waals surface area (Å²) in [4.78, 5) is 11.0. The van der Waals surface area contributed by atoms with Gasteiger partial charge in [0.05, 0.1) is 0 Å². The van der Waals surface area contributed by atoms with Gasteiger partial charge in [-0.3, -0.25) is 4.79 Å². The molecule has 1 unspecified atom stereocenters. The summed E-state index contributed by atoms with van der Waals surface area (Å²) in [5.74, 6) is -0.135. The standard InChI is InChI=1S/C10H11NO3/c12-8-2-1-6(3-9(8)13)7-4-10(14)11-5-7/h1-3,7,12-13H,4-5H2,(H,11,14). The van der Waals surface area contributed by atoms with Crippen LogP contribution >= 0.6 is 0 Å². The van der Waals surface area contributed by atoms with Crippen molar-refractivity contribution in [3.05, 3.63) is 23.8 Å². The van der Waals surface area contributed by atoms with Crippen molar-refractivity contribution in [2.45, 2.75) is 12.3 Å². The van der Waals surface area contributed by atoms with Crippen LogP contribution in [-0.4, -0.2) is 22.7 Å². The number of nitrogens with one attached hydrogen (secondary N) is 1. The number of hydrogen-bond donors (Lipinski definition) is 3. The van der Waals surface area contributed by atoms with Gasteiger partial charge in [0.2, 0.25) is 5.91 Å². The molecule has 1 aliphatic rings. The molecule has 0 spiro atoms.